The van der Waals surface area contributed by atoms with Crippen LogP contribution in [-0.4, -0.2) is 21.8 Å². The SMILES string of the molecule is COc1ccc(-c2noc(-c3ccc(=O)n(Cc4ccc(F)cc4)c3)n2)cc1. The molecular formula is C21H16FN3O3. The highest BCUT2D eigenvalue weighted by Gasteiger charge is 2.12. The number of nitrogens with zero attached hydrogens (tertiary/aromatic N) is 3. The van der Waals surface area contributed by atoms with Gasteiger partial charge in [-0.3, -0.25) is 4.79 Å². The molecule has 0 aliphatic rings. The average Bonchev–Trinajstić information content (AvgIpc) is 3.21. The van der Waals surface area contributed by atoms with Gasteiger partial charge >= 0.3 is 0 Å². The Bertz CT molecular complexity index is 1150. The first-order chi connectivity index (χ1) is 13.6. The van der Waals surface area contributed by atoms with Crippen LogP contribution < -0.4 is 10.3 Å². The summed E-state index contributed by atoms with van der Waals surface area (Å²) in [5, 5.41) is 4.01. The van der Waals surface area contributed by atoms with Crippen molar-refractivity contribution < 1.29 is 13.7 Å². The Kier molecular flexibility index (Phi) is 4.72. The van der Waals surface area contributed by atoms with Crippen LogP contribution in [0.5, 0.6) is 5.75 Å². The number of methoxy groups -OCH3 is 1. The van der Waals surface area contributed by atoms with Crippen molar-refractivity contribution >= 4 is 0 Å². The molecule has 0 N–H and O–H groups in total. The van der Waals surface area contributed by atoms with Gasteiger partial charge in [-0.1, -0.05) is 17.3 Å². The van der Waals surface area contributed by atoms with Crippen LogP contribution in [0.4, 0.5) is 4.39 Å². The number of benzene rings is 2. The van der Waals surface area contributed by atoms with Gasteiger partial charge in [0.15, 0.2) is 0 Å². The van der Waals surface area contributed by atoms with Crippen molar-refractivity contribution in [1.29, 1.82) is 0 Å². The van der Waals surface area contributed by atoms with Crippen molar-refractivity contribution in [2.24, 2.45) is 0 Å². The molecule has 28 heavy (non-hydrogen) atoms. The van der Waals surface area contributed by atoms with Crippen LogP contribution in [0.2, 0.25) is 0 Å². The lowest BCUT2D eigenvalue weighted by Gasteiger charge is -2.06. The fraction of sp³-hybridized carbons (Fsp3) is 0.0952. The van der Waals surface area contributed by atoms with Crippen molar-refractivity contribution in [3.63, 3.8) is 0 Å². The number of ether oxygens (including phenoxy) is 1. The highest BCUT2D eigenvalue weighted by molar-refractivity contribution is 5.59. The molecule has 0 atom stereocenters. The molecule has 0 saturated heterocycles. The first-order valence-electron chi connectivity index (χ1n) is 8.56. The van der Waals surface area contributed by atoms with Crippen LogP contribution >= 0.6 is 0 Å². The third-order valence-electron chi connectivity index (χ3n) is 4.27. The number of halogens is 1. The van der Waals surface area contributed by atoms with E-state index in [4.69, 9.17) is 9.26 Å². The van der Waals surface area contributed by atoms with Crippen LogP contribution in [0.3, 0.4) is 0 Å². The standard InChI is InChI=1S/C21H16FN3O3/c1-27-18-9-4-15(5-10-18)20-23-21(28-24-20)16-6-11-19(26)25(13-16)12-14-2-7-17(22)8-3-14/h2-11,13H,12H2,1H3. The molecule has 0 aliphatic carbocycles. The second-order valence-electron chi connectivity index (χ2n) is 6.16. The third-order valence-corrected chi connectivity index (χ3v) is 4.27. The van der Waals surface area contributed by atoms with Crippen molar-refractivity contribution in [1.82, 2.24) is 14.7 Å². The summed E-state index contributed by atoms with van der Waals surface area (Å²) in [7, 11) is 1.60. The topological polar surface area (TPSA) is 70.2 Å². The Morgan fingerprint density at radius 3 is 2.43 bits per heavy atom. The summed E-state index contributed by atoms with van der Waals surface area (Å²) in [6.45, 7) is 0.312. The Morgan fingerprint density at radius 2 is 1.71 bits per heavy atom. The number of hydrogen-bond acceptors (Lipinski definition) is 5. The number of hydrogen-bond donors (Lipinski definition) is 0. The molecule has 6 nitrogen and oxygen atoms in total. The van der Waals surface area contributed by atoms with E-state index in [2.05, 4.69) is 10.1 Å². The predicted molar refractivity (Wildman–Crippen MR) is 101 cm³/mol. The van der Waals surface area contributed by atoms with Crippen molar-refractivity contribution in [3.8, 4) is 28.6 Å². The summed E-state index contributed by atoms with van der Waals surface area (Å²) in [6.07, 6.45) is 1.65. The molecule has 2 aromatic carbocycles. The Labute approximate surface area is 159 Å². The highest BCUT2D eigenvalue weighted by atomic mass is 19.1. The van der Waals surface area contributed by atoms with Gasteiger partial charge in [0, 0.05) is 17.8 Å². The Morgan fingerprint density at radius 1 is 1.00 bits per heavy atom. The van der Waals surface area contributed by atoms with Gasteiger partial charge in [0.1, 0.15) is 11.6 Å². The van der Waals surface area contributed by atoms with Gasteiger partial charge in [-0.05, 0) is 48.0 Å². The van der Waals surface area contributed by atoms with Gasteiger partial charge < -0.3 is 13.8 Å². The molecule has 0 unspecified atom stereocenters. The van der Waals surface area contributed by atoms with Gasteiger partial charge in [-0.25, -0.2) is 4.39 Å². The molecule has 0 saturated carbocycles. The first kappa shape index (κ1) is 17.7. The van der Waals surface area contributed by atoms with Crippen LogP contribution in [0.25, 0.3) is 22.8 Å². The molecule has 0 bridgehead atoms. The molecule has 140 valence electrons. The Balaban J connectivity index is 1.61. The molecule has 0 radical (unpaired) electrons. The van der Waals surface area contributed by atoms with E-state index in [1.54, 1.807) is 31.5 Å². The number of aromatic nitrogens is 3. The lowest BCUT2D eigenvalue weighted by atomic mass is 10.2. The van der Waals surface area contributed by atoms with E-state index < -0.39 is 0 Å². The average molecular weight is 377 g/mol. The van der Waals surface area contributed by atoms with E-state index in [0.29, 0.717) is 23.8 Å². The molecule has 0 fully saturated rings. The molecule has 0 aliphatic heterocycles. The third kappa shape index (κ3) is 3.68. The summed E-state index contributed by atoms with van der Waals surface area (Å²) >= 11 is 0. The first-order valence-corrected chi connectivity index (χ1v) is 8.56. The predicted octanol–water partition coefficient (Wildman–Crippen LogP) is 3.76. The van der Waals surface area contributed by atoms with Crippen molar-refractivity contribution in [2.45, 2.75) is 6.54 Å². The number of pyridine rings is 1. The normalized spacial score (nSPS) is 10.8. The molecule has 2 heterocycles. The Hall–Kier alpha value is -3.74. The molecule has 4 aromatic rings. The van der Waals surface area contributed by atoms with Crippen LogP contribution in [0.15, 0.2) is 76.2 Å². The van der Waals surface area contributed by atoms with Gasteiger partial charge in [-0.15, -0.1) is 0 Å². The molecule has 2 aromatic heterocycles. The molecule has 4 rings (SSSR count). The van der Waals surface area contributed by atoms with Gasteiger partial charge in [-0.2, -0.15) is 4.98 Å². The summed E-state index contributed by atoms with van der Waals surface area (Å²) in [4.78, 5) is 16.6. The summed E-state index contributed by atoms with van der Waals surface area (Å²) < 4.78 is 25.1. The van der Waals surface area contributed by atoms with Crippen LogP contribution in [-0.2, 0) is 6.54 Å². The van der Waals surface area contributed by atoms with E-state index >= 15 is 0 Å². The summed E-state index contributed by atoms with van der Waals surface area (Å²) in [5.41, 5.74) is 2.04. The second-order valence-corrected chi connectivity index (χ2v) is 6.16. The lowest BCUT2D eigenvalue weighted by molar-refractivity contribution is 0.415. The smallest absolute Gasteiger partial charge is 0.259 e. The monoisotopic (exact) mass is 377 g/mol. The molecule has 0 spiro atoms. The van der Waals surface area contributed by atoms with E-state index in [1.807, 2.05) is 24.3 Å². The van der Waals surface area contributed by atoms with Crippen molar-refractivity contribution in [2.75, 3.05) is 7.11 Å². The molecular weight excluding hydrogens is 361 g/mol. The largest absolute Gasteiger partial charge is 0.497 e. The summed E-state index contributed by atoms with van der Waals surface area (Å²) in [5.74, 6) is 1.16. The zero-order chi connectivity index (χ0) is 19.5. The van der Waals surface area contributed by atoms with E-state index in [0.717, 1.165) is 16.9 Å². The van der Waals surface area contributed by atoms with Crippen molar-refractivity contribution in [3.05, 3.63) is 88.6 Å². The highest BCUT2D eigenvalue weighted by Crippen LogP contribution is 2.23. The minimum absolute atomic E-state index is 0.178. The minimum Gasteiger partial charge on any atom is -0.497 e. The van der Waals surface area contributed by atoms with Gasteiger partial charge in [0.25, 0.3) is 11.4 Å². The second kappa shape index (κ2) is 7.48. The van der Waals surface area contributed by atoms with Crippen LogP contribution in [0, 0.1) is 5.82 Å². The fourth-order valence-corrected chi connectivity index (χ4v) is 2.77. The molecule has 7 heteroatoms. The zero-order valence-corrected chi connectivity index (χ0v) is 15.0. The van der Waals surface area contributed by atoms with Crippen LogP contribution in [0.1, 0.15) is 5.56 Å². The maximum atomic E-state index is 13.1. The number of rotatable bonds is 5. The molecule has 0 amide bonds. The fourth-order valence-electron chi connectivity index (χ4n) is 2.77. The maximum absolute atomic E-state index is 13.1. The van der Waals surface area contributed by atoms with Gasteiger partial charge in [0.05, 0.1) is 19.2 Å². The minimum atomic E-state index is -0.318. The zero-order valence-electron chi connectivity index (χ0n) is 15.0. The van der Waals surface area contributed by atoms with E-state index in [9.17, 15) is 9.18 Å². The van der Waals surface area contributed by atoms with E-state index in [1.165, 1.54) is 22.8 Å². The lowest BCUT2D eigenvalue weighted by Crippen LogP contribution is -2.19. The quantitative estimate of drug-likeness (QED) is 0.530. The van der Waals surface area contributed by atoms with E-state index in [-0.39, 0.29) is 11.4 Å². The van der Waals surface area contributed by atoms with Gasteiger partial charge in [0.2, 0.25) is 5.82 Å². The maximum Gasteiger partial charge on any atom is 0.259 e. The summed E-state index contributed by atoms with van der Waals surface area (Å²) in [6, 6.07) is 16.4.